The number of imide groups is 1. The molecular weight excluding hydrogens is 380 g/mol. The van der Waals surface area contributed by atoms with Crippen LogP contribution in [-0.2, 0) is 23.8 Å². The molecule has 1 aromatic carbocycles. The Bertz CT molecular complexity index is 888. The van der Waals surface area contributed by atoms with Crippen LogP contribution in [-0.4, -0.2) is 77.7 Å². The maximum atomic E-state index is 13.3. The van der Waals surface area contributed by atoms with E-state index in [1.165, 1.54) is 12.0 Å². The molecule has 0 aromatic heterocycles. The molecule has 3 fully saturated rings. The maximum Gasteiger partial charge on any atom is 0.328 e. The summed E-state index contributed by atoms with van der Waals surface area (Å²) in [4.78, 5) is 54.0. The van der Waals surface area contributed by atoms with Crippen molar-refractivity contribution in [3.63, 3.8) is 0 Å². The first-order valence-electron chi connectivity index (χ1n) is 9.60. The molecule has 4 aliphatic heterocycles. The van der Waals surface area contributed by atoms with Gasteiger partial charge in [0.2, 0.25) is 5.91 Å². The number of amides is 3. The van der Waals surface area contributed by atoms with E-state index in [1.54, 1.807) is 24.3 Å². The number of rotatable bonds is 2. The van der Waals surface area contributed by atoms with Gasteiger partial charge in [-0.25, -0.2) is 4.79 Å². The van der Waals surface area contributed by atoms with E-state index in [1.807, 2.05) is 0 Å². The van der Waals surface area contributed by atoms with Gasteiger partial charge in [-0.05, 0) is 18.6 Å². The highest BCUT2D eigenvalue weighted by Gasteiger charge is 2.59. The van der Waals surface area contributed by atoms with Crippen molar-refractivity contribution in [1.82, 2.24) is 9.80 Å². The number of esters is 1. The Morgan fingerprint density at radius 1 is 1.07 bits per heavy atom. The lowest BCUT2D eigenvalue weighted by Crippen LogP contribution is -2.58. The number of ether oxygens (including phenoxy) is 3. The summed E-state index contributed by atoms with van der Waals surface area (Å²) in [5, 5.41) is 0. The number of fused-ring (bicyclic) bond motifs is 2. The number of hydrogen-bond acceptors (Lipinski definition) is 7. The van der Waals surface area contributed by atoms with Crippen LogP contribution >= 0.6 is 0 Å². The number of carbonyl (C=O) groups excluding carboxylic acids is 4. The van der Waals surface area contributed by atoms with Crippen LogP contribution in [0.5, 0.6) is 0 Å². The Hall–Kier alpha value is -2.78. The first-order valence-corrected chi connectivity index (χ1v) is 9.60. The summed E-state index contributed by atoms with van der Waals surface area (Å²) in [6.45, 7) is 0.826. The Balaban J connectivity index is 1.48. The molecule has 4 heterocycles. The molecule has 152 valence electrons. The monoisotopic (exact) mass is 400 g/mol. The molecule has 0 bridgehead atoms. The first kappa shape index (κ1) is 18.3. The fraction of sp³-hybridized carbons (Fsp3) is 0.500. The van der Waals surface area contributed by atoms with Crippen LogP contribution in [0.4, 0.5) is 0 Å². The van der Waals surface area contributed by atoms with Gasteiger partial charge in [0.15, 0.2) is 5.79 Å². The molecule has 4 aliphatic rings. The number of nitrogens with zero attached hydrogens (tertiary/aromatic N) is 2. The number of benzene rings is 1. The standard InChI is InChI=1S/C20H20N2O7/c1-27-19(26)15-10-20(28-6-7-29-20)9-11-8-14(18(25)21(11)15)22-16(23)12-4-2-3-5-13(12)17(22)24/h2-5,11,14-15H,6-10H2,1H3/t11-,14+,15+/m1/s1. The van der Waals surface area contributed by atoms with Gasteiger partial charge in [-0.3, -0.25) is 19.3 Å². The van der Waals surface area contributed by atoms with Crippen molar-refractivity contribution in [2.24, 2.45) is 0 Å². The van der Waals surface area contributed by atoms with Crippen molar-refractivity contribution in [2.75, 3.05) is 20.3 Å². The molecule has 5 rings (SSSR count). The van der Waals surface area contributed by atoms with E-state index in [9.17, 15) is 19.2 Å². The predicted octanol–water partition coefficient (Wildman–Crippen LogP) is 0.331. The highest BCUT2D eigenvalue weighted by Crippen LogP contribution is 2.44. The van der Waals surface area contributed by atoms with Crippen molar-refractivity contribution >= 4 is 23.7 Å². The van der Waals surface area contributed by atoms with E-state index in [0.717, 1.165) is 4.90 Å². The van der Waals surface area contributed by atoms with Gasteiger partial charge < -0.3 is 19.1 Å². The second kappa shape index (κ2) is 6.36. The van der Waals surface area contributed by atoms with Crippen LogP contribution in [0.1, 0.15) is 40.0 Å². The quantitative estimate of drug-likeness (QED) is 0.521. The summed E-state index contributed by atoms with van der Waals surface area (Å²) >= 11 is 0. The summed E-state index contributed by atoms with van der Waals surface area (Å²) in [6, 6.07) is 4.27. The van der Waals surface area contributed by atoms with Gasteiger partial charge in [-0.2, -0.15) is 0 Å². The topological polar surface area (TPSA) is 102 Å². The average Bonchev–Trinajstić information content (AvgIpc) is 3.38. The summed E-state index contributed by atoms with van der Waals surface area (Å²) in [6.07, 6.45) is 0.773. The molecule has 0 radical (unpaired) electrons. The number of hydrogen-bond donors (Lipinski definition) is 0. The molecule has 1 spiro atoms. The summed E-state index contributed by atoms with van der Waals surface area (Å²) in [7, 11) is 1.26. The third-order valence-corrected chi connectivity index (χ3v) is 6.24. The normalized spacial score (nSPS) is 30.1. The maximum absolute atomic E-state index is 13.3. The van der Waals surface area contributed by atoms with Gasteiger partial charge in [0.05, 0.1) is 31.5 Å². The highest BCUT2D eigenvalue weighted by molar-refractivity contribution is 6.23. The number of carbonyl (C=O) groups is 4. The zero-order valence-electron chi connectivity index (χ0n) is 15.8. The largest absolute Gasteiger partial charge is 0.467 e. The summed E-state index contributed by atoms with van der Waals surface area (Å²) in [5.74, 6) is -2.91. The van der Waals surface area contributed by atoms with E-state index in [4.69, 9.17) is 14.2 Å². The van der Waals surface area contributed by atoms with E-state index in [-0.39, 0.29) is 12.8 Å². The lowest BCUT2D eigenvalue weighted by atomic mass is 9.90. The third kappa shape index (κ3) is 2.54. The van der Waals surface area contributed by atoms with Crippen LogP contribution in [0.2, 0.25) is 0 Å². The molecule has 1 aromatic rings. The van der Waals surface area contributed by atoms with E-state index in [0.29, 0.717) is 30.8 Å². The molecule has 0 aliphatic carbocycles. The van der Waals surface area contributed by atoms with Gasteiger partial charge in [-0.15, -0.1) is 0 Å². The van der Waals surface area contributed by atoms with Crippen molar-refractivity contribution in [3.05, 3.63) is 35.4 Å². The second-order valence-electron chi connectivity index (χ2n) is 7.73. The van der Waals surface area contributed by atoms with Crippen LogP contribution in [0.25, 0.3) is 0 Å². The third-order valence-electron chi connectivity index (χ3n) is 6.24. The van der Waals surface area contributed by atoms with Gasteiger partial charge in [0, 0.05) is 18.9 Å². The Kier molecular flexibility index (Phi) is 4.01. The minimum Gasteiger partial charge on any atom is -0.467 e. The molecule has 0 unspecified atom stereocenters. The molecule has 0 saturated carbocycles. The van der Waals surface area contributed by atoms with Crippen LogP contribution in [0, 0.1) is 0 Å². The lowest BCUT2D eigenvalue weighted by molar-refractivity contribution is -0.211. The zero-order valence-corrected chi connectivity index (χ0v) is 15.8. The van der Waals surface area contributed by atoms with Gasteiger partial charge in [-0.1, -0.05) is 12.1 Å². The molecule has 9 nitrogen and oxygen atoms in total. The molecule has 29 heavy (non-hydrogen) atoms. The molecule has 0 N–H and O–H groups in total. The molecular formula is C20H20N2O7. The lowest BCUT2D eigenvalue weighted by Gasteiger charge is -2.44. The molecule has 9 heteroatoms. The summed E-state index contributed by atoms with van der Waals surface area (Å²) in [5.41, 5.74) is 0.581. The van der Waals surface area contributed by atoms with Crippen LogP contribution < -0.4 is 0 Å². The van der Waals surface area contributed by atoms with Crippen molar-refractivity contribution in [2.45, 2.75) is 43.2 Å². The van der Waals surface area contributed by atoms with Gasteiger partial charge in [0.1, 0.15) is 12.1 Å². The average molecular weight is 400 g/mol. The Morgan fingerprint density at radius 3 is 2.28 bits per heavy atom. The van der Waals surface area contributed by atoms with Crippen LogP contribution in [0.15, 0.2) is 24.3 Å². The van der Waals surface area contributed by atoms with Crippen molar-refractivity contribution in [3.8, 4) is 0 Å². The van der Waals surface area contributed by atoms with E-state index in [2.05, 4.69) is 0 Å². The zero-order chi connectivity index (χ0) is 20.3. The Labute approximate surface area is 166 Å². The fourth-order valence-electron chi connectivity index (χ4n) is 5.02. The Morgan fingerprint density at radius 2 is 1.69 bits per heavy atom. The first-order chi connectivity index (χ1) is 14.0. The van der Waals surface area contributed by atoms with E-state index >= 15 is 0 Å². The highest BCUT2D eigenvalue weighted by atomic mass is 16.7. The second-order valence-corrected chi connectivity index (χ2v) is 7.73. The smallest absolute Gasteiger partial charge is 0.328 e. The van der Waals surface area contributed by atoms with Crippen molar-refractivity contribution < 1.29 is 33.4 Å². The van der Waals surface area contributed by atoms with Gasteiger partial charge in [0.25, 0.3) is 11.8 Å². The fourth-order valence-corrected chi connectivity index (χ4v) is 5.02. The predicted molar refractivity (Wildman–Crippen MR) is 95.7 cm³/mol. The van der Waals surface area contributed by atoms with Gasteiger partial charge >= 0.3 is 5.97 Å². The van der Waals surface area contributed by atoms with Crippen LogP contribution in [0.3, 0.4) is 0 Å². The van der Waals surface area contributed by atoms with Crippen molar-refractivity contribution in [1.29, 1.82) is 0 Å². The number of piperidine rings is 1. The minimum atomic E-state index is -0.962. The summed E-state index contributed by atoms with van der Waals surface area (Å²) < 4.78 is 16.5. The molecule has 3 atom stereocenters. The SMILES string of the molecule is COC(=O)[C@@H]1CC2(C[C@H]3C[C@H](N4C(=O)c5ccccc5C4=O)C(=O)N31)OCCO2. The molecule has 3 amide bonds. The molecule has 3 saturated heterocycles. The number of methoxy groups -OCH3 is 1. The van der Waals surface area contributed by atoms with E-state index < -0.39 is 47.6 Å². The minimum absolute atomic E-state index is 0.163.